The Hall–Kier alpha value is -0.580. The van der Waals surface area contributed by atoms with E-state index in [1.807, 2.05) is 6.92 Å². The Morgan fingerprint density at radius 2 is 2.44 bits per heavy atom. The maximum absolute atomic E-state index is 10.5. The van der Waals surface area contributed by atoms with Crippen molar-refractivity contribution in [2.24, 2.45) is 4.58 Å². The summed E-state index contributed by atoms with van der Waals surface area (Å²) < 4.78 is 4.62. The molecule has 0 aromatic heterocycles. The number of hydrogen-bond donors (Lipinski definition) is 1. The first kappa shape index (κ1) is 8.42. The number of carbonyl (C=O) groups excluding carboxylic acids is 1. The summed E-state index contributed by atoms with van der Waals surface area (Å²) in [5.74, 6) is -0.151. The highest BCUT2D eigenvalue weighted by Gasteiger charge is 1.96. The molecule has 0 unspecified atom stereocenters. The van der Waals surface area contributed by atoms with E-state index in [-0.39, 0.29) is 5.91 Å². The highest BCUT2D eigenvalue weighted by atomic mass is 32.2. The van der Waals surface area contributed by atoms with Crippen LogP contribution in [0.3, 0.4) is 0 Å². The van der Waals surface area contributed by atoms with Crippen LogP contribution < -0.4 is 4.72 Å². The van der Waals surface area contributed by atoms with Gasteiger partial charge in [-0.15, -0.1) is 4.91 Å². The summed E-state index contributed by atoms with van der Waals surface area (Å²) in [5, 5.41) is 0. The van der Waals surface area contributed by atoms with Crippen LogP contribution in [0.15, 0.2) is 4.58 Å². The summed E-state index contributed by atoms with van der Waals surface area (Å²) >= 11 is 0.526. The summed E-state index contributed by atoms with van der Waals surface area (Å²) in [6.07, 6.45) is 1.23. The highest BCUT2D eigenvalue weighted by molar-refractivity contribution is 7.96. The van der Waals surface area contributed by atoms with Crippen molar-refractivity contribution in [2.75, 3.05) is 0 Å². The van der Waals surface area contributed by atoms with Crippen LogP contribution in [0.25, 0.3) is 0 Å². The first-order valence-corrected chi connectivity index (χ1v) is 3.36. The Morgan fingerprint density at radius 3 is 2.89 bits per heavy atom. The highest BCUT2D eigenvalue weighted by Crippen LogP contribution is 1.94. The van der Waals surface area contributed by atoms with E-state index in [0.717, 1.165) is 6.42 Å². The number of nitroso groups, excluding NO2 is 1. The summed E-state index contributed by atoms with van der Waals surface area (Å²) in [6, 6.07) is 0. The molecule has 0 saturated carbocycles. The van der Waals surface area contributed by atoms with E-state index in [2.05, 4.69) is 9.30 Å². The molecule has 1 amide bonds. The van der Waals surface area contributed by atoms with Gasteiger partial charge in [-0.05, 0) is 6.42 Å². The average molecular weight is 148 g/mol. The molecule has 4 nitrogen and oxygen atoms in total. The van der Waals surface area contributed by atoms with E-state index >= 15 is 0 Å². The molecule has 0 bridgehead atoms. The van der Waals surface area contributed by atoms with Crippen molar-refractivity contribution in [2.45, 2.75) is 19.8 Å². The molecule has 0 fully saturated rings. The molecule has 0 aliphatic carbocycles. The van der Waals surface area contributed by atoms with Crippen molar-refractivity contribution >= 4 is 18.0 Å². The minimum atomic E-state index is -0.151. The molecular weight excluding hydrogens is 140 g/mol. The fraction of sp³-hybridized carbons (Fsp3) is 0.750. The zero-order valence-electron chi connectivity index (χ0n) is 5.09. The standard InChI is InChI=1S/C4H8N2O2S/c1-2-3-4(7)5-9-6-8/h2-3H2,1H3,(H,5,7). The predicted octanol–water partition coefficient (Wildman–Crippen LogP) is 1.23. The minimum absolute atomic E-state index is 0.151. The zero-order valence-corrected chi connectivity index (χ0v) is 5.90. The Morgan fingerprint density at radius 1 is 1.78 bits per heavy atom. The lowest BCUT2D eigenvalue weighted by Crippen LogP contribution is -2.13. The lowest BCUT2D eigenvalue weighted by atomic mass is 10.3. The second-order valence-electron chi connectivity index (χ2n) is 1.44. The molecular formula is C4H8N2O2S. The quantitative estimate of drug-likeness (QED) is 0.482. The Bertz CT molecular complexity index is 107. The molecule has 0 aliphatic rings. The summed E-state index contributed by atoms with van der Waals surface area (Å²) in [7, 11) is 0. The smallest absolute Gasteiger partial charge is 0.231 e. The summed E-state index contributed by atoms with van der Waals surface area (Å²) in [6.45, 7) is 1.89. The first-order chi connectivity index (χ1) is 4.31. The van der Waals surface area contributed by atoms with Crippen molar-refractivity contribution < 1.29 is 4.79 Å². The third kappa shape index (κ3) is 5.29. The molecule has 0 saturated heterocycles. The number of amides is 1. The van der Waals surface area contributed by atoms with Gasteiger partial charge in [0.1, 0.15) is 12.1 Å². The van der Waals surface area contributed by atoms with E-state index in [4.69, 9.17) is 0 Å². The van der Waals surface area contributed by atoms with E-state index in [1.165, 1.54) is 0 Å². The number of hydrogen-bond acceptors (Lipinski definition) is 4. The maximum Gasteiger partial charge on any atom is 0.231 e. The molecule has 0 heterocycles. The van der Waals surface area contributed by atoms with Crippen LogP contribution >= 0.6 is 12.1 Å². The molecule has 0 radical (unpaired) electrons. The number of nitrogens with zero attached hydrogens (tertiary/aromatic N) is 1. The summed E-state index contributed by atoms with van der Waals surface area (Å²) in [5.41, 5.74) is 0. The zero-order chi connectivity index (χ0) is 7.11. The van der Waals surface area contributed by atoms with Crippen molar-refractivity contribution in [1.82, 2.24) is 4.72 Å². The number of nitrogens with one attached hydrogen (secondary N) is 1. The van der Waals surface area contributed by atoms with Crippen LogP contribution in [0, 0.1) is 4.91 Å². The molecule has 52 valence electrons. The van der Waals surface area contributed by atoms with Crippen LogP contribution in [0.2, 0.25) is 0 Å². The normalized spacial score (nSPS) is 8.56. The Kier molecular flexibility index (Phi) is 5.20. The largest absolute Gasteiger partial charge is 0.278 e. The molecule has 0 spiro atoms. The maximum atomic E-state index is 10.5. The van der Waals surface area contributed by atoms with Crippen LogP contribution in [-0.2, 0) is 4.79 Å². The topological polar surface area (TPSA) is 58.5 Å². The van der Waals surface area contributed by atoms with Crippen LogP contribution in [0.4, 0.5) is 0 Å². The van der Waals surface area contributed by atoms with Gasteiger partial charge in [0.15, 0.2) is 0 Å². The van der Waals surface area contributed by atoms with Crippen LogP contribution in [0.5, 0.6) is 0 Å². The lowest BCUT2D eigenvalue weighted by Gasteiger charge is -1.93. The molecule has 0 aromatic rings. The molecule has 5 heteroatoms. The molecule has 1 N–H and O–H groups in total. The molecule has 0 aliphatic heterocycles. The SMILES string of the molecule is CCCC(=O)NSN=O. The first-order valence-electron chi connectivity index (χ1n) is 2.58. The number of carbonyl (C=O) groups is 1. The van der Waals surface area contributed by atoms with Gasteiger partial charge in [-0.3, -0.25) is 9.52 Å². The second-order valence-corrected chi connectivity index (χ2v) is 1.98. The van der Waals surface area contributed by atoms with Crippen molar-refractivity contribution in [3.63, 3.8) is 0 Å². The molecule has 0 rings (SSSR count). The van der Waals surface area contributed by atoms with Gasteiger partial charge in [0.2, 0.25) is 5.91 Å². The van der Waals surface area contributed by atoms with Gasteiger partial charge < -0.3 is 0 Å². The monoisotopic (exact) mass is 148 g/mol. The van der Waals surface area contributed by atoms with E-state index < -0.39 is 0 Å². The Balaban J connectivity index is 3.16. The third-order valence-corrected chi connectivity index (χ3v) is 1.07. The van der Waals surface area contributed by atoms with E-state index in [9.17, 15) is 9.70 Å². The van der Waals surface area contributed by atoms with Crippen LogP contribution in [-0.4, -0.2) is 5.91 Å². The summed E-state index contributed by atoms with van der Waals surface area (Å²) in [4.78, 5) is 19.9. The van der Waals surface area contributed by atoms with Gasteiger partial charge in [-0.25, -0.2) is 0 Å². The van der Waals surface area contributed by atoms with Crippen molar-refractivity contribution in [3.05, 3.63) is 4.91 Å². The second kappa shape index (κ2) is 5.55. The molecule has 0 atom stereocenters. The third-order valence-electron chi connectivity index (χ3n) is 0.674. The lowest BCUT2D eigenvalue weighted by molar-refractivity contribution is -0.119. The van der Waals surface area contributed by atoms with Gasteiger partial charge in [0.25, 0.3) is 0 Å². The van der Waals surface area contributed by atoms with Crippen molar-refractivity contribution in [1.29, 1.82) is 0 Å². The minimum Gasteiger partial charge on any atom is -0.278 e. The molecule has 9 heavy (non-hydrogen) atoms. The van der Waals surface area contributed by atoms with Gasteiger partial charge in [0.05, 0.1) is 0 Å². The number of rotatable bonds is 4. The van der Waals surface area contributed by atoms with Gasteiger partial charge in [0, 0.05) is 11.0 Å². The van der Waals surface area contributed by atoms with Gasteiger partial charge in [-0.1, -0.05) is 6.92 Å². The Labute approximate surface area is 57.6 Å². The molecule has 0 aromatic carbocycles. The van der Waals surface area contributed by atoms with E-state index in [0.29, 0.717) is 18.6 Å². The predicted molar refractivity (Wildman–Crippen MR) is 36.4 cm³/mol. The van der Waals surface area contributed by atoms with Crippen LogP contribution in [0.1, 0.15) is 19.8 Å². The van der Waals surface area contributed by atoms with Crippen molar-refractivity contribution in [3.8, 4) is 0 Å². The average Bonchev–Trinajstić information content (AvgIpc) is 1.85. The van der Waals surface area contributed by atoms with Gasteiger partial charge >= 0.3 is 0 Å². The van der Waals surface area contributed by atoms with Gasteiger partial charge in [-0.2, -0.15) is 0 Å². The fourth-order valence-electron chi connectivity index (χ4n) is 0.348. The van der Waals surface area contributed by atoms with E-state index in [1.54, 1.807) is 0 Å². The fourth-order valence-corrected chi connectivity index (χ4v) is 0.589.